The van der Waals surface area contributed by atoms with Gasteiger partial charge in [-0.25, -0.2) is 0 Å². The molecule has 0 aliphatic carbocycles. The molecule has 0 atom stereocenters. The second-order valence-corrected chi connectivity index (χ2v) is 14.0. The number of carbonyl (C=O) groups is 4. The number of hydrogen-bond donors (Lipinski definition) is 1. The Morgan fingerprint density at radius 1 is 0.588 bits per heavy atom. The summed E-state index contributed by atoms with van der Waals surface area (Å²) in [6.45, 7) is 23.3. The van der Waals surface area contributed by atoms with E-state index in [1.54, 1.807) is 34.6 Å². The third kappa shape index (κ3) is 16.9. The van der Waals surface area contributed by atoms with Crippen LogP contribution in [0.15, 0.2) is 0 Å². The predicted molar refractivity (Wildman–Crippen MR) is 180 cm³/mol. The number of rotatable bonds is 8. The van der Waals surface area contributed by atoms with E-state index in [4.69, 9.17) is 57.2 Å². The van der Waals surface area contributed by atoms with E-state index in [0.717, 1.165) is 6.29 Å². The molecule has 0 aromatic heterocycles. The van der Waals surface area contributed by atoms with Gasteiger partial charge in [-0.2, -0.15) is 0 Å². The van der Waals surface area contributed by atoms with Crippen LogP contribution in [-0.4, -0.2) is 132 Å². The minimum Gasteiger partial charge on any atom is -0.466 e. The Morgan fingerprint density at radius 2 is 0.941 bits per heavy atom. The van der Waals surface area contributed by atoms with Crippen LogP contribution in [-0.2, 0) is 71.3 Å². The molecule has 4 saturated heterocycles. The summed E-state index contributed by atoms with van der Waals surface area (Å²) < 4.78 is 57.1. The molecule has 4 rings (SSSR count). The topological polar surface area (TPSA) is 190 Å². The molecule has 0 spiro atoms. The summed E-state index contributed by atoms with van der Waals surface area (Å²) in [6, 6.07) is 0. The molecule has 4 fully saturated rings. The van der Waals surface area contributed by atoms with Gasteiger partial charge in [0.15, 0.2) is 23.1 Å². The number of aliphatic hydroxyl groups excluding tert-OH is 1. The first-order valence-corrected chi connectivity index (χ1v) is 17.4. The molecule has 0 radical (unpaired) electrons. The number of esters is 3. The number of aldehydes is 1. The Labute approximate surface area is 302 Å². The number of hydrogen-bond acceptors (Lipinski definition) is 16. The maximum atomic E-state index is 12.0. The zero-order valence-electron chi connectivity index (χ0n) is 32.4. The first-order valence-electron chi connectivity index (χ1n) is 17.4. The van der Waals surface area contributed by atoms with Crippen molar-refractivity contribution in [1.29, 1.82) is 0 Å². The van der Waals surface area contributed by atoms with Crippen molar-refractivity contribution in [2.75, 3.05) is 79.3 Å². The van der Waals surface area contributed by atoms with E-state index >= 15 is 0 Å². The van der Waals surface area contributed by atoms with Gasteiger partial charge in [-0.3, -0.25) is 14.4 Å². The molecule has 0 amide bonds. The van der Waals surface area contributed by atoms with Gasteiger partial charge in [0.05, 0.1) is 85.2 Å². The lowest BCUT2D eigenvalue weighted by atomic mass is 9.89. The fourth-order valence-electron chi connectivity index (χ4n) is 4.24. The number of carbonyl (C=O) groups excluding carboxylic acids is 4. The van der Waals surface area contributed by atoms with E-state index < -0.39 is 40.5 Å². The van der Waals surface area contributed by atoms with Crippen LogP contribution in [0.4, 0.5) is 0 Å². The highest BCUT2D eigenvalue weighted by Crippen LogP contribution is 2.32. The van der Waals surface area contributed by atoms with Gasteiger partial charge < -0.3 is 62.0 Å². The average molecular weight is 739 g/mol. The van der Waals surface area contributed by atoms with Gasteiger partial charge in [0.2, 0.25) is 5.41 Å². The Kier molecular flexibility index (Phi) is 19.6. The summed E-state index contributed by atoms with van der Waals surface area (Å²) in [5.41, 5.74) is -1.51. The molecule has 16 heteroatoms. The average Bonchev–Trinajstić information content (AvgIpc) is 3.06. The second kappa shape index (κ2) is 21.4. The third-order valence-electron chi connectivity index (χ3n) is 7.62. The quantitative estimate of drug-likeness (QED) is 0.165. The van der Waals surface area contributed by atoms with Crippen LogP contribution in [0.3, 0.4) is 0 Å². The van der Waals surface area contributed by atoms with Crippen molar-refractivity contribution in [1.82, 2.24) is 0 Å². The van der Waals surface area contributed by atoms with E-state index in [0.29, 0.717) is 46.2 Å². The number of ether oxygens (including phenoxy) is 11. The van der Waals surface area contributed by atoms with Gasteiger partial charge in [-0.15, -0.1) is 0 Å². The minimum absolute atomic E-state index is 0.0759. The van der Waals surface area contributed by atoms with Crippen LogP contribution in [0.2, 0.25) is 0 Å². The number of aliphatic hydroxyl groups is 1. The predicted octanol–water partition coefficient (Wildman–Crippen LogP) is 2.79. The van der Waals surface area contributed by atoms with Gasteiger partial charge in [-0.05, 0) is 76.2 Å². The standard InChI is InChI=1S/C12H20O6.C9H16O4.C7H14O3.C7H12O3/c1-5-15-9(13)12(10(14)16-6-2)7-17-11(3,4)18-8-12;1-4-11-8(10)7-5-12-9(2,3)13-6-7;2*1-7(2)9-4-6(3-8)5-10-7/h5-8H2,1-4H3;7H,4-6H2,1-3H3;6,8H,3-5H2,1-2H3;3,6H,4-5H2,1-2H3. The maximum Gasteiger partial charge on any atom is 0.328 e. The summed E-state index contributed by atoms with van der Waals surface area (Å²) >= 11 is 0. The van der Waals surface area contributed by atoms with Crippen LogP contribution in [0.25, 0.3) is 0 Å². The van der Waals surface area contributed by atoms with Gasteiger partial charge >= 0.3 is 17.9 Å². The summed E-state index contributed by atoms with van der Waals surface area (Å²) in [5, 5.41) is 8.70. The summed E-state index contributed by atoms with van der Waals surface area (Å²) in [5.74, 6) is -4.10. The van der Waals surface area contributed by atoms with Crippen LogP contribution >= 0.6 is 0 Å². The lowest BCUT2D eigenvalue weighted by Gasteiger charge is -2.39. The molecule has 0 unspecified atom stereocenters. The largest absolute Gasteiger partial charge is 0.466 e. The lowest BCUT2D eigenvalue weighted by molar-refractivity contribution is -0.283. The highest BCUT2D eigenvalue weighted by atomic mass is 16.7. The Balaban J connectivity index is 0.000000351. The minimum atomic E-state index is -1.51. The van der Waals surface area contributed by atoms with Crippen molar-refractivity contribution in [3.8, 4) is 0 Å². The zero-order valence-corrected chi connectivity index (χ0v) is 32.4. The molecule has 1 N–H and O–H groups in total. The van der Waals surface area contributed by atoms with Gasteiger partial charge in [0, 0.05) is 5.92 Å². The second-order valence-electron chi connectivity index (χ2n) is 14.0. The van der Waals surface area contributed by atoms with Crippen LogP contribution in [0, 0.1) is 23.2 Å². The SMILES string of the molecule is CC1(C)OCC(C=O)CO1.CC1(C)OCC(CO)CO1.CCOC(=O)C1(C(=O)OCC)COC(C)(C)OC1.CCOC(=O)C1COC(C)(C)OC1. The lowest BCUT2D eigenvalue weighted by Crippen LogP contribution is -2.56. The van der Waals surface area contributed by atoms with Gasteiger partial charge in [0.25, 0.3) is 0 Å². The van der Waals surface area contributed by atoms with Crippen molar-refractivity contribution in [2.45, 2.75) is 99.3 Å². The molecular weight excluding hydrogens is 676 g/mol. The van der Waals surface area contributed by atoms with Crippen LogP contribution in [0.1, 0.15) is 76.2 Å². The smallest absolute Gasteiger partial charge is 0.328 e. The van der Waals surface area contributed by atoms with E-state index in [1.807, 2.05) is 41.5 Å². The third-order valence-corrected chi connectivity index (χ3v) is 7.62. The van der Waals surface area contributed by atoms with E-state index in [2.05, 4.69) is 0 Å². The molecule has 0 aromatic rings. The molecule has 4 aliphatic rings. The van der Waals surface area contributed by atoms with Crippen molar-refractivity contribution in [3.63, 3.8) is 0 Å². The normalized spacial score (nSPS) is 23.6. The highest BCUT2D eigenvalue weighted by Gasteiger charge is 2.54. The Bertz CT molecular complexity index is 1010. The van der Waals surface area contributed by atoms with E-state index in [-0.39, 0.29) is 56.8 Å². The fraction of sp³-hybridized carbons (Fsp3) is 0.886. The first-order chi connectivity index (χ1) is 23.7. The first kappa shape index (κ1) is 46.7. The maximum absolute atomic E-state index is 12.0. The Hall–Kier alpha value is -2.28. The molecular formula is C35H62O16. The summed E-state index contributed by atoms with van der Waals surface area (Å²) in [6.07, 6.45) is 0.870. The summed E-state index contributed by atoms with van der Waals surface area (Å²) in [7, 11) is 0. The Morgan fingerprint density at radius 3 is 1.29 bits per heavy atom. The molecule has 0 saturated carbocycles. The monoisotopic (exact) mass is 738 g/mol. The molecule has 16 nitrogen and oxygen atoms in total. The van der Waals surface area contributed by atoms with Crippen molar-refractivity contribution in [3.05, 3.63) is 0 Å². The molecule has 4 heterocycles. The molecule has 4 aliphatic heterocycles. The van der Waals surface area contributed by atoms with Gasteiger partial charge in [-0.1, -0.05) is 0 Å². The van der Waals surface area contributed by atoms with E-state index in [1.165, 1.54) is 0 Å². The fourth-order valence-corrected chi connectivity index (χ4v) is 4.24. The molecule has 298 valence electrons. The van der Waals surface area contributed by atoms with Gasteiger partial charge in [0.1, 0.15) is 12.2 Å². The van der Waals surface area contributed by atoms with Crippen molar-refractivity contribution in [2.24, 2.45) is 23.2 Å². The van der Waals surface area contributed by atoms with Crippen LogP contribution in [0.5, 0.6) is 0 Å². The zero-order chi connectivity index (χ0) is 38.9. The van der Waals surface area contributed by atoms with Crippen molar-refractivity contribution < 1.29 is 76.4 Å². The highest BCUT2D eigenvalue weighted by molar-refractivity contribution is 6.00. The molecule has 0 bridgehead atoms. The van der Waals surface area contributed by atoms with E-state index in [9.17, 15) is 19.2 Å². The van der Waals surface area contributed by atoms with Crippen LogP contribution < -0.4 is 0 Å². The molecule has 0 aromatic carbocycles. The van der Waals surface area contributed by atoms with Crippen molar-refractivity contribution >= 4 is 24.2 Å². The summed E-state index contributed by atoms with van der Waals surface area (Å²) in [4.78, 5) is 45.4. The molecule has 51 heavy (non-hydrogen) atoms.